The summed E-state index contributed by atoms with van der Waals surface area (Å²) in [4.78, 5) is 0. The average molecular weight is 261 g/mol. The maximum Gasteiger partial charge on any atom is 0.126 e. The summed E-state index contributed by atoms with van der Waals surface area (Å²) in [5, 5.41) is 4.23. The molecule has 102 valence electrons. The Labute approximate surface area is 113 Å². The van der Waals surface area contributed by atoms with Crippen LogP contribution in [0.1, 0.15) is 30.5 Å². The predicted octanol–water partition coefficient (Wildman–Crippen LogP) is 2.77. The van der Waals surface area contributed by atoms with Crippen molar-refractivity contribution in [2.45, 2.75) is 39.3 Å². The first-order valence-electron chi connectivity index (χ1n) is 6.49. The monoisotopic (exact) mass is 261 g/mol. The van der Waals surface area contributed by atoms with Crippen molar-refractivity contribution in [3.05, 3.63) is 53.1 Å². The van der Waals surface area contributed by atoms with Crippen molar-refractivity contribution >= 4 is 0 Å². The molecule has 0 saturated carbocycles. The molecule has 0 radical (unpaired) electrons. The highest BCUT2D eigenvalue weighted by atomic mass is 19.1. The molecule has 0 aliphatic rings. The van der Waals surface area contributed by atoms with Crippen LogP contribution in [0.25, 0.3) is 0 Å². The quantitative estimate of drug-likeness (QED) is 0.919. The predicted molar refractivity (Wildman–Crippen MR) is 74.3 cm³/mol. The molecule has 0 saturated heterocycles. The van der Waals surface area contributed by atoms with Crippen LogP contribution in [0.5, 0.6) is 0 Å². The largest absolute Gasteiger partial charge is 0.321 e. The third kappa shape index (κ3) is 3.01. The normalized spacial score (nSPS) is 14.4. The number of rotatable bonds is 4. The molecule has 0 fully saturated rings. The number of hydrogen-bond acceptors (Lipinski definition) is 2. The van der Waals surface area contributed by atoms with E-state index in [1.807, 2.05) is 37.0 Å². The molecular weight excluding hydrogens is 241 g/mol. The van der Waals surface area contributed by atoms with Gasteiger partial charge in [0.15, 0.2) is 0 Å². The van der Waals surface area contributed by atoms with Gasteiger partial charge in [0.25, 0.3) is 0 Å². The topological polar surface area (TPSA) is 43.8 Å². The van der Waals surface area contributed by atoms with Gasteiger partial charge in [0.1, 0.15) is 5.82 Å². The molecule has 2 rings (SSSR count). The zero-order valence-electron chi connectivity index (χ0n) is 11.7. The molecule has 4 heteroatoms. The summed E-state index contributed by atoms with van der Waals surface area (Å²) < 4.78 is 15.5. The molecule has 0 aliphatic heterocycles. The number of nitrogens with zero attached hydrogens (tertiary/aromatic N) is 2. The summed E-state index contributed by atoms with van der Waals surface area (Å²) >= 11 is 0. The second kappa shape index (κ2) is 5.13. The van der Waals surface area contributed by atoms with Crippen molar-refractivity contribution in [2.24, 2.45) is 5.73 Å². The molecule has 2 aromatic rings. The highest BCUT2D eigenvalue weighted by molar-refractivity contribution is 5.30. The first kappa shape index (κ1) is 13.7. The van der Waals surface area contributed by atoms with Gasteiger partial charge in [-0.25, -0.2) is 4.39 Å². The lowest BCUT2D eigenvalue weighted by Gasteiger charge is -2.25. The van der Waals surface area contributed by atoms with E-state index in [9.17, 15) is 4.39 Å². The van der Waals surface area contributed by atoms with Gasteiger partial charge in [-0.1, -0.05) is 12.1 Å². The second-order valence-electron chi connectivity index (χ2n) is 5.26. The summed E-state index contributed by atoms with van der Waals surface area (Å²) in [7, 11) is 0. The van der Waals surface area contributed by atoms with Crippen molar-refractivity contribution in [3.8, 4) is 0 Å². The molecule has 1 atom stereocenters. The average Bonchev–Trinajstić information content (AvgIpc) is 2.79. The number of nitrogens with two attached hydrogens (primary N) is 1. The minimum Gasteiger partial charge on any atom is -0.321 e. The van der Waals surface area contributed by atoms with Crippen LogP contribution in [0.4, 0.5) is 4.39 Å². The highest BCUT2D eigenvalue weighted by Crippen LogP contribution is 2.24. The Kier molecular flexibility index (Phi) is 3.71. The van der Waals surface area contributed by atoms with E-state index in [-0.39, 0.29) is 5.82 Å². The Bertz CT molecular complexity index is 573. The van der Waals surface area contributed by atoms with Crippen LogP contribution in [0.2, 0.25) is 0 Å². The van der Waals surface area contributed by atoms with E-state index in [1.165, 1.54) is 6.07 Å². The zero-order valence-corrected chi connectivity index (χ0v) is 11.7. The van der Waals surface area contributed by atoms with Gasteiger partial charge in [-0.3, -0.25) is 4.68 Å². The van der Waals surface area contributed by atoms with Crippen molar-refractivity contribution < 1.29 is 4.39 Å². The van der Waals surface area contributed by atoms with Crippen molar-refractivity contribution in [3.63, 3.8) is 0 Å². The van der Waals surface area contributed by atoms with Gasteiger partial charge in [0.05, 0.1) is 6.20 Å². The lowest BCUT2D eigenvalue weighted by molar-refractivity contribution is 0.485. The van der Waals surface area contributed by atoms with Crippen LogP contribution in [-0.4, -0.2) is 9.78 Å². The van der Waals surface area contributed by atoms with Crippen LogP contribution in [0.3, 0.4) is 0 Å². The maximum absolute atomic E-state index is 13.6. The fourth-order valence-electron chi connectivity index (χ4n) is 2.14. The molecule has 0 aliphatic carbocycles. The van der Waals surface area contributed by atoms with E-state index < -0.39 is 5.54 Å². The smallest absolute Gasteiger partial charge is 0.126 e. The summed E-state index contributed by atoms with van der Waals surface area (Å²) in [6.45, 7) is 6.53. The first-order chi connectivity index (χ1) is 8.92. The number of hydrogen-bond donors (Lipinski definition) is 1. The molecule has 1 heterocycles. The minimum atomic E-state index is -0.601. The fraction of sp³-hybridized carbons (Fsp3) is 0.400. The molecule has 3 nitrogen and oxygen atoms in total. The Morgan fingerprint density at radius 3 is 2.74 bits per heavy atom. The Morgan fingerprint density at radius 1 is 1.42 bits per heavy atom. The van der Waals surface area contributed by atoms with E-state index in [0.29, 0.717) is 12.0 Å². The molecule has 0 spiro atoms. The summed E-state index contributed by atoms with van der Waals surface area (Å²) in [5.41, 5.74) is 8.24. The Balaban J connectivity index is 2.23. The molecule has 0 bridgehead atoms. The number of halogens is 1. The number of aromatic nitrogens is 2. The zero-order chi connectivity index (χ0) is 14.0. The molecular formula is C15H20FN3. The van der Waals surface area contributed by atoms with E-state index in [1.54, 1.807) is 13.0 Å². The standard InChI is InChI=1S/C15H20FN3/c1-4-19-10-12(9-18-19)8-15(3,17)13-6-5-11(2)14(16)7-13/h5-7,9-10H,4,8,17H2,1-3H3. The summed E-state index contributed by atoms with van der Waals surface area (Å²) in [6.07, 6.45) is 4.43. The van der Waals surface area contributed by atoms with Crippen molar-refractivity contribution in [2.75, 3.05) is 0 Å². The van der Waals surface area contributed by atoms with Crippen molar-refractivity contribution in [1.29, 1.82) is 0 Å². The van der Waals surface area contributed by atoms with E-state index in [0.717, 1.165) is 17.7 Å². The van der Waals surface area contributed by atoms with Gasteiger partial charge in [0.2, 0.25) is 0 Å². The van der Waals surface area contributed by atoms with E-state index >= 15 is 0 Å². The second-order valence-corrected chi connectivity index (χ2v) is 5.26. The number of aryl methyl sites for hydroxylation is 2. The van der Waals surface area contributed by atoms with Gasteiger partial charge in [-0.2, -0.15) is 5.10 Å². The van der Waals surface area contributed by atoms with Crippen LogP contribution in [0, 0.1) is 12.7 Å². The van der Waals surface area contributed by atoms with E-state index in [4.69, 9.17) is 5.73 Å². The molecule has 1 aromatic heterocycles. The van der Waals surface area contributed by atoms with Gasteiger partial charge in [0, 0.05) is 18.3 Å². The number of benzene rings is 1. The van der Waals surface area contributed by atoms with Gasteiger partial charge >= 0.3 is 0 Å². The van der Waals surface area contributed by atoms with Crippen LogP contribution < -0.4 is 5.73 Å². The molecule has 1 unspecified atom stereocenters. The summed E-state index contributed by atoms with van der Waals surface area (Å²) in [6, 6.07) is 5.19. The lowest BCUT2D eigenvalue weighted by atomic mass is 9.87. The van der Waals surface area contributed by atoms with Crippen LogP contribution >= 0.6 is 0 Å². The third-order valence-corrected chi connectivity index (χ3v) is 3.41. The van der Waals surface area contributed by atoms with Crippen LogP contribution in [-0.2, 0) is 18.5 Å². The molecule has 0 amide bonds. The highest BCUT2D eigenvalue weighted by Gasteiger charge is 2.23. The van der Waals surface area contributed by atoms with Crippen LogP contribution in [0.15, 0.2) is 30.6 Å². The Morgan fingerprint density at radius 2 is 2.16 bits per heavy atom. The Hall–Kier alpha value is -1.68. The molecule has 19 heavy (non-hydrogen) atoms. The van der Waals surface area contributed by atoms with Gasteiger partial charge in [-0.05, 0) is 49.9 Å². The van der Waals surface area contributed by atoms with Gasteiger partial charge < -0.3 is 5.73 Å². The lowest BCUT2D eigenvalue weighted by Crippen LogP contribution is -2.35. The first-order valence-corrected chi connectivity index (χ1v) is 6.49. The third-order valence-electron chi connectivity index (χ3n) is 3.41. The van der Waals surface area contributed by atoms with Gasteiger partial charge in [-0.15, -0.1) is 0 Å². The van der Waals surface area contributed by atoms with Crippen molar-refractivity contribution in [1.82, 2.24) is 9.78 Å². The molecule has 1 aromatic carbocycles. The minimum absolute atomic E-state index is 0.210. The fourth-order valence-corrected chi connectivity index (χ4v) is 2.14. The maximum atomic E-state index is 13.6. The molecule has 2 N–H and O–H groups in total. The SMILES string of the molecule is CCn1cc(CC(C)(N)c2ccc(C)c(F)c2)cn1. The summed E-state index contributed by atoms with van der Waals surface area (Å²) in [5.74, 6) is -0.210. The van der Waals surface area contributed by atoms with E-state index in [2.05, 4.69) is 5.10 Å².